The molecule has 1 unspecified atom stereocenters. The zero-order valence-electron chi connectivity index (χ0n) is 5.94. The molecule has 0 aliphatic rings. The van der Waals surface area contributed by atoms with Gasteiger partial charge in [0.2, 0.25) is 0 Å². The van der Waals surface area contributed by atoms with Gasteiger partial charge in [0.25, 0.3) is 0 Å². The summed E-state index contributed by atoms with van der Waals surface area (Å²) in [5, 5.41) is 13.8. The molecule has 11 heavy (non-hydrogen) atoms. The van der Waals surface area contributed by atoms with E-state index in [2.05, 4.69) is 16.2 Å². The van der Waals surface area contributed by atoms with E-state index >= 15 is 0 Å². The first-order valence-corrected chi connectivity index (χ1v) is 5.11. The van der Waals surface area contributed by atoms with Crippen LogP contribution < -0.4 is 0 Å². The Morgan fingerprint density at radius 2 is 2.64 bits per heavy atom. The van der Waals surface area contributed by atoms with Gasteiger partial charge in [-0.05, 0) is 11.5 Å². The highest BCUT2D eigenvalue weighted by Crippen LogP contribution is 2.11. The van der Waals surface area contributed by atoms with Crippen molar-refractivity contribution in [3.05, 3.63) is 16.6 Å². The van der Waals surface area contributed by atoms with Gasteiger partial charge in [0, 0.05) is 5.38 Å². The van der Waals surface area contributed by atoms with Gasteiger partial charge in [-0.1, -0.05) is 17.7 Å². The van der Waals surface area contributed by atoms with Gasteiger partial charge < -0.3 is 5.11 Å². The normalized spacial score (nSPS) is 11.8. The number of rotatable bonds is 1. The Labute approximate surface area is 73.7 Å². The molecule has 1 aromatic rings. The molecule has 1 heterocycles. The molecule has 0 aliphatic heterocycles. The Morgan fingerprint density at radius 1 is 1.82 bits per heavy atom. The summed E-state index contributed by atoms with van der Waals surface area (Å²) in [6.07, 6.45) is 1.13. The van der Waals surface area contributed by atoms with Gasteiger partial charge in [0.15, 0.2) is 6.10 Å². The van der Waals surface area contributed by atoms with Crippen molar-refractivity contribution in [2.45, 2.75) is 6.10 Å². The number of hydrogen-bond acceptors (Lipinski definition) is 4. The average Bonchev–Trinajstić information content (AvgIpc) is 2.52. The quantitative estimate of drug-likeness (QED) is 0.673. The fourth-order valence-corrected chi connectivity index (χ4v) is 1.35. The SMILES string of the molecule is CSC#CC(O)c1cscn1. The highest BCUT2D eigenvalue weighted by molar-refractivity contribution is 8.03. The maximum atomic E-state index is 9.30. The molecule has 0 fully saturated rings. The summed E-state index contributed by atoms with van der Waals surface area (Å²) in [6, 6.07) is 0. The van der Waals surface area contributed by atoms with E-state index < -0.39 is 6.10 Å². The van der Waals surface area contributed by atoms with Crippen molar-refractivity contribution in [3.8, 4) is 11.2 Å². The third-order valence-corrected chi connectivity index (χ3v) is 1.96. The smallest absolute Gasteiger partial charge is 0.158 e. The predicted octanol–water partition coefficient (Wildman–Crippen LogP) is 1.50. The molecular formula is C7H7NOS2. The summed E-state index contributed by atoms with van der Waals surface area (Å²) in [5.41, 5.74) is 2.32. The first-order valence-electron chi connectivity index (χ1n) is 2.94. The van der Waals surface area contributed by atoms with Gasteiger partial charge in [0.05, 0.1) is 11.2 Å². The van der Waals surface area contributed by atoms with Crippen LogP contribution in [0.25, 0.3) is 0 Å². The van der Waals surface area contributed by atoms with Crippen LogP contribution in [0.15, 0.2) is 10.9 Å². The molecule has 1 rings (SSSR count). The zero-order chi connectivity index (χ0) is 8.10. The minimum atomic E-state index is -0.728. The molecule has 0 saturated heterocycles. The van der Waals surface area contributed by atoms with Gasteiger partial charge in [-0.2, -0.15) is 0 Å². The van der Waals surface area contributed by atoms with Crippen LogP contribution in [-0.2, 0) is 0 Å². The Kier molecular flexibility index (Phi) is 3.43. The topological polar surface area (TPSA) is 33.1 Å². The van der Waals surface area contributed by atoms with E-state index in [-0.39, 0.29) is 0 Å². The lowest BCUT2D eigenvalue weighted by Gasteiger charge is -1.94. The number of hydrogen-bond donors (Lipinski definition) is 1. The van der Waals surface area contributed by atoms with E-state index in [9.17, 15) is 5.11 Å². The molecular weight excluding hydrogens is 178 g/mol. The maximum absolute atomic E-state index is 9.30. The second-order valence-corrected chi connectivity index (χ2v) is 3.10. The van der Waals surface area contributed by atoms with Crippen molar-refractivity contribution in [2.75, 3.05) is 6.26 Å². The molecule has 1 aromatic heterocycles. The Balaban J connectivity index is 2.63. The third kappa shape index (κ3) is 2.54. The van der Waals surface area contributed by atoms with Gasteiger partial charge in [-0.3, -0.25) is 0 Å². The van der Waals surface area contributed by atoms with Gasteiger partial charge in [-0.15, -0.1) is 11.3 Å². The van der Waals surface area contributed by atoms with E-state index in [1.54, 1.807) is 10.9 Å². The molecule has 58 valence electrons. The van der Waals surface area contributed by atoms with Crippen molar-refractivity contribution in [1.82, 2.24) is 4.98 Å². The van der Waals surface area contributed by atoms with Crippen molar-refractivity contribution >= 4 is 23.1 Å². The molecule has 0 spiro atoms. The van der Waals surface area contributed by atoms with Crippen molar-refractivity contribution in [2.24, 2.45) is 0 Å². The molecule has 0 bridgehead atoms. The standard InChI is InChI=1S/C7H7NOS2/c1-10-3-2-7(9)6-4-11-5-8-6/h4-5,7,9H,1H3. The Hall–Kier alpha value is -0.500. The summed E-state index contributed by atoms with van der Waals surface area (Å²) in [7, 11) is 0. The number of nitrogens with zero attached hydrogens (tertiary/aromatic N) is 1. The van der Waals surface area contributed by atoms with E-state index in [1.165, 1.54) is 23.1 Å². The summed E-state index contributed by atoms with van der Waals surface area (Å²) >= 11 is 2.84. The lowest BCUT2D eigenvalue weighted by Crippen LogP contribution is -1.92. The first-order chi connectivity index (χ1) is 5.34. The van der Waals surface area contributed by atoms with Crippen LogP contribution >= 0.6 is 23.1 Å². The summed E-state index contributed by atoms with van der Waals surface area (Å²) in [6.45, 7) is 0. The maximum Gasteiger partial charge on any atom is 0.158 e. The summed E-state index contributed by atoms with van der Waals surface area (Å²) < 4.78 is 0. The second-order valence-electron chi connectivity index (χ2n) is 1.77. The van der Waals surface area contributed by atoms with Crippen LogP contribution in [0.3, 0.4) is 0 Å². The molecule has 0 saturated carbocycles. The van der Waals surface area contributed by atoms with E-state index in [1.807, 2.05) is 6.26 Å². The van der Waals surface area contributed by atoms with Gasteiger partial charge >= 0.3 is 0 Å². The molecule has 0 amide bonds. The monoisotopic (exact) mass is 185 g/mol. The number of thioether (sulfide) groups is 1. The van der Waals surface area contributed by atoms with Crippen molar-refractivity contribution < 1.29 is 5.11 Å². The second kappa shape index (κ2) is 4.39. The van der Waals surface area contributed by atoms with Crippen molar-refractivity contribution in [1.29, 1.82) is 0 Å². The Bertz CT molecular complexity index is 260. The van der Waals surface area contributed by atoms with Crippen molar-refractivity contribution in [3.63, 3.8) is 0 Å². The molecule has 0 aliphatic carbocycles. The van der Waals surface area contributed by atoms with Gasteiger partial charge in [0.1, 0.15) is 0 Å². The third-order valence-electron chi connectivity index (χ3n) is 1.03. The molecule has 0 aromatic carbocycles. The molecule has 1 atom stereocenters. The lowest BCUT2D eigenvalue weighted by atomic mass is 10.3. The Morgan fingerprint density at radius 3 is 3.18 bits per heavy atom. The van der Waals surface area contributed by atoms with Gasteiger partial charge in [-0.25, -0.2) is 4.98 Å². The highest BCUT2D eigenvalue weighted by atomic mass is 32.2. The fourth-order valence-electron chi connectivity index (χ4n) is 0.546. The highest BCUT2D eigenvalue weighted by Gasteiger charge is 2.03. The van der Waals surface area contributed by atoms with Crippen LogP contribution in [0.1, 0.15) is 11.8 Å². The van der Waals surface area contributed by atoms with E-state index in [4.69, 9.17) is 0 Å². The molecule has 4 heteroatoms. The average molecular weight is 185 g/mol. The first kappa shape index (κ1) is 8.60. The number of aliphatic hydroxyl groups is 1. The predicted molar refractivity (Wildman–Crippen MR) is 48.4 cm³/mol. The van der Waals surface area contributed by atoms with E-state index in [0.717, 1.165) is 0 Å². The van der Waals surface area contributed by atoms with Crippen LogP contribution in [0.2, 0.25) is 0 Å². The van der Waals surface area contributed by atoms with Crippen LogP contribution in [0.5, 0.6) is 0 Å². The summed E-state index contributed by atoms with van der Waals surface area (Å²) in [5.74, 6) is 2.65. The minimum absolute atomic E-state index is 0.636. The largest absolute Gasteiger partial charge is 0.374 e. The molecule has 1 N–H and O–H groups in total. The number of thiazole rings is 1. The number of aliphatic hydroxyl groups excluding tert-OH is 1. The summed E-state index contributed by atoms with van der Waals surface area (Å²) in [4.78, 5) is 3.93. The fraction of sp³-hybridized carbons (Fsp3) is 0.286. The minimum Gasteiger partial charge on any atom is -0.374 e. The van der Waals surface area contributed by atoms with E-state index in [0.29, 0.717) is 5.69 Å². The molecule has 0 radical (unpaired) electrons. The van der Waals surface area contributed by atoms with Crippen LogP contribution in [0.4, 0.5) is 0 Å². The lowest BCUT2D eigenvalue weighted by molar-refractivity contribution is 0.234. The molecule has 2 nitrogen and oxygen atoms in total. The van der Waals surface area contributed by atoms with Crippen LogP contribution in [0, 0.1) is 11.2 Å². The van der Waals surface area contributed by atoms with Crippen LogP contribution in [-0.4, -0.2) is 16.3 Å². The zero-order valence-corrected chi connectivity index (χ0v) is 7.58. The number of aromatic nitrogens is 1.